The van der Waals surface area contributed by atoms with Crippen molar-refractivity contribution in [2.75, 3.05) is 32.4 Å². The SMILES string of the molecule is CS(=O)(=O)N1CCN(Cc2ccc(C(=O)O)cc2F)CC1. The van der Waals surface area contributed by atoms with E-state index < -0.39 is 21.8 Å². The van der Waals surface area contributed by atoms with E-state index in [1.807, 2.05) is 4.90 Å². The van der Waals surface area contributed by atoms with E-state index in [2.05, 4.69) is 0 Å². The number of hydrogen-bond donors (Lipinski definition) is 1. The third kappa shape index (κ3) is 3.99. The first kappa shape index (κ1) is 15.9. The molecule has 116 valence electrons. The molecule has 0 atom stereocenters. The summed E-state index contributed by atoms with van der Waals surface area (Å²) in [5.74, 6) is -1.72. The Labute approximate surface area is 122 Å². The van der Waals surface area contributed by atoms with Crippen LogP contribution in [0.5, 0.6) is 0 Å². The predicted octanol–water partition coefficient (Wildman–Crippen LogP) is 0.601. The maximum atomic E-state index is 13.8. The molecule has 0 bridgehead atoms. The second kappa shape index (κ2) is 6.08. The van der Waals surface area contributed by atoms with Crippen LogP contribution in [0.2, 0.25) is 0 Å². The number of rotatable bonds is 4. The molecule has 0 saturated carbocycles. The normalized spacial score (nSPS) is 17.8. The Kier molecular flexibility index (Phi) is 4.60. The second-order valence-electron chi connectivity index (χ2n) is 5.05. The van der Waals surface area contributed by atoms with E-state index in [0.29, 0.717) is 38.3 Å². The smallest absolute Gasteiger partial charge is 0.335 e. The fourth-order valence-corrected chi connectivity index (χ4v) is 3.10. The molecule has 6 nitrogen and oxygen atoms in total. The van der Waals surface area contributed by atoms with Crippen LogP contribution >= 0.6 is 0 Å². The summed E-state index contributed by atoms with van der Waals surface area (Å²) in [6.45, 7) is 2.14. The van der Waals surface area contributed by atoms with Gasteiger partial charge in [0.15, 0.2) is 0 Å². The number of aromatic carboxylic acids is 1. The van der Waals surface area contributed by atoms with E-state index in [1.54, 1.807) is 0 Å². The van der Waals surface area contributed by atoms with Gasteiger partial charge in [-0.2, -0.15) is 4.31 Å². The summed E-state index contributed by atoms with van der Waals surface area (Å²) in [5, 5.41) is 8.79. The highest BCUT2D eigenvalue weighted by Gasteiger charge is 2.23. The van der Waals surface area contributed by atoms with E-state index in [4.69, 9.17) is 5.11 Å². The van der Waals surface area contributed by atoms with Gasteiger partial charge in [-0.05, 0) is 12.1 Å². The Balaban J connectivity index is 1.99. The molecule has 8 heteroatoms. The zero-order valence-electron chi connectivity index (χ0n) is 11.6. The van der Waals surface area contributed by atoms with E-state index >= 15 is 0 Å². The van der Waals surface area contributed by atoms with Crippen LogP contribution in [0.15, 0.2) is 18.2 Å². The number of carboxylic acids is 1. The number of sulfonamides is 1. The Morgan fingerprint density at radius 2 is 1.90 bits per heavy atom. The van der Waals surface area contributed by atoms with Crippen LogP contribution in [0.25, 0.3) is 0 Å². The maximum absolute atomic E-state index is 13.8. The fraction of sp³-hybridized carbons (Fsp3) is 0.462. The lowest BCUT2D eigenvalue weighted by Gasteiger charge is -2.33. The average Bonchev–Trinajstić information content (AvgIpc) is 2.40. The van der Waals surface area contributed by atoms with E-state index in [1.165, 1.54) is 22.7 Å². The van der Waals surface area contributed by atoms with E-state index in [-0.39, 0.29) is 5.56 Å². The van der Waals surface area contributed by atoms with Gasteiger partial charge in [-0.25, -0.2) is 17.6 Å². The molecule has 0 unspecified atom stereocenters. The number of halogens is 1. The van der Waals surface area contributed by atoms with Crippen molar-refractivity contribution < 1.29 is 22.7 Å². The summed E-state index contributed by atoms with van der Waals surface area (Å²) in [5.41, 5.74) is 0.325. The first-order chi connectivity index (χ1) is 9.77. The molecule has 1 saturated heterocycles. The number of nitrogens with zero attached hydrogens (tertiary/aromatic N) is 2. The van der Waals surface area contributed by atoms with Crippen LogP contribution in [0.4, 0.5) is 4.39 Å². The number of carboxylic acid groups (broad SMARTS) is 1. The van der Waals surface area contributed by atoms with Crippen molar-refractivity contribution >= 4 is 16.0 Å². The van der Waals surface area contributed by atoms with Crippen molar-refractivity contribution in [3.63, 3.8) is 0 Å². The monoisotopic (exact) mass is 316 g/mol. The summed E-state index contributed by atoms with van der Waals surface area (Å²) in [6, 6.07) is 3.83. The summed E-state index contributed by atoms with van der Waals surface area (Å²) >= 11 is 0. The first-order valence-corrected chi connectivity index (χ1v) is 8.31. The Morgan fingerprint density at radius 1 is 1.29 bits per heavy atom. The molecule has 1 aliphatic rings. The van der Waals surface area contributed by atoms with Gasteiger partial charge in [-0.1, -0.05) is 6.07 Å². The number of hydrogen-bond acceptors (Lipinski definition) is 4. The van der Waals surface area contributed by atoms with Gasteiger partial charge in [0, 0.05) is 38.3 Å². The molecule has 1 aromatic rings. The lowest BCUT2D eigenvalue weighted by Crippen LogP contribution is -2.47. The molecule has 0 aliphatic carbocycles. The van der Waals surface area contributed by atoms with Crippen molar-refractivity contribution in [1.82, 2.24) is 9.21 Å². The van der Waals surface area contributed by atoms with Crippen LogP contribution in [-0.4, -0.2) is 61.1 Å². The molecular weight excluding hydrogens is 299 g/mol. The summed E-state index contributed by atoms with van der Waals surface area (Å²) in [6.07, 6.45) is 1.17. The van der Waals surface area contributed by atoms with Crippen LogP contribution in [-0.2, 0) is 16.6 Å². The van der Waals surface area contributed by atoms with Gasteiger partial charge in [-0.15, -0.1) is 0 Å². The van der Waals surface area contributed by atoms with E-state index in [9.17, 15) is 17.6 Å². The van der Waals surface area contributed by atoms with Gasteiger partial charge in [0.1, 0.15) is 5.82 Å². The lowest BCUT2D eigenvalue weighted by molar-refractivity contribution is 0.0696. The number of piperazine rings is 1. The quantitative estimate of drug-likeness (QED) is 0.880. The van der Waals surface area contributed by atoms with Crippen LogP contribution in [0.3, 0.4) is 0 Å². The zero-order chi connectivity index (χ0) is 15.6. The standard InChI is InChI=1S/C13H17FN2O4S/c1-21(19,20)16-6-4-15(5-7-16)9-11-3-2-10(13(17)18)8-12(11)14/h2-3,8H,4-7,9H2,1H3,(H,17,18). The molecule has 0 radical (unpaired) electrons. The van der Waals surface area contributed by atoms with Crippen LogP contribution < -0.4 is 0 Å². The minimum atomic E-state index is -3.18. The Hall–Kier alpha value is -1.51. The molecule has 1 N–H and O–H groups in total. The maximum Gasteiger partial charge on any atom is 0.335 e. The van der Waals surface area contributed by atoms with Gasteiger partial charge in [-0.3, -0.25) is 4.90 Å². The minimum Gasteiger partial charge on any atom is -0.478 e. The van der Waals surface area contributed by atoms with Crippen molar-refractivity contribution in [1.29, 1.82) is 0 Å². The predicted molar refractivity (Wildman–Crippen MR) is 75.1 cm³/mol. The van der Waals surface area contributed by atoms with Crippen molar-refractivity contribution in [2.24, 2.45) is 0 Å². The zero-order valence-corrected chi connectivity index (χ0v) is 12.4. The van der Waals surface area contributed by atoms with Gasteiger partial charge < -0.3 is 5.11 Å². The molecule has 1 aliphatic heterocycles. The first-order valence-electron chi connectivity index (χ1n) is 6.46. The molecule has 2 rings (SSSR count). The molecule has 0 amide bonds. The third-order valence-electron chi connectivity index (χ3n) is 3.49. The number of carbonyl (C=O) groups is 1. The molecule has 21 heavy (non-hydrogen) atoms. The largest absolute Gasteiger partial charge is 0.478 e. The second-order valence-corrected chi connectivity index (χ2v) is 7.03. The molecular formula is C13H17FN2O4S. The van der Waals surface area contributed by atoms with Gasteiger partial charge in [0.05, 0.1) is 11.8 Å². The highest BCUT2D eigenvalue weighted by atomic mass is 32.2. The van der Waals surface area contributed by atoms with E-state index in [0.717, 1.165) is 6.07 Å². The number of benzene rings is 1. The molecule has 0 aromatic heterocycles. The Bertz CT molecular complexity index is 640. The topological polar surface area (TPSA) is 77.9 Å². The van der Waals surface area contributed by atoms with Crippen molar-refractivity contribution in [3.05, 3.63) is 35.1 Å². The average molecular weight is 316 g/mol. The minimum absolute atomic E-state index is 0.0851. The molecule has 1 aromatic carbocycles. The summed E-state index contributed by atoms with van der Waals surface area (Å²) in [7, 11) is -3.18. The fourth-order valence-electron chi connectivity index (χ4n) is 2.27. The van der Waals surface area contributed by atoms with Gasteiger partial charge >= 0.3 is 5.97 Å². The Morgan fingerprint density at radius 3 is 2.38 bits per heavy atom. The highest BCUT2D eigenvalue weighted by Crippen LogP contribution is 2.15. The van der Waals surface area contributed by atoms with Crippen LogP contribution in [0, 0.1) is 5.82 Å². The lowest BCUT2D eigenvalue weighted by atomic mass is 10.1. The molecule has 1 fully saturated rings. The van der Waals surface area contributed by atoms with Gasteiger partial charge in [0.25, 0.3) is 0 Å². The highest BCUT2D eigenvalue weighted by molar-refractivity contribution is 7.88. The summed E-state index contributed by atoms with van der Waals surface area (Å²) < 4.78 is 38.0. The van der Waals surface area contributed by atoms with Crippen molar-refractivity contribution in [2.45, 2.75) is 6.54 Å². The molecule has 1 heterocycles. The van der Waals surface area contributed by atoms with Crippen LogP contribution in [0.1, 0.15) is 15.9 Å². The third-order valence-corrected chi connectivity index (χ3v) is 4.80. The van der Waals surface area contributed by atoms with Crippen molar-refractivity contribution in [3.8, 4) is 0 Å². The summed E-state index contributed by atoms with van der Waals surface area (Å²) in [4.78, 5) is 12.7. The van der Waals surface area contributed by atoms with Gasteiger partial charge in [0.2, 0.25) is 10.0 Å². The molecule has 0 spiro atoms.